The van der Waals surface area contributed by atoms with Crippen LogP contribution in [0.1, 0.15) is 36.4 Å². The van der Waals surface area contributed by atoms with Gasteiger partial charge in [-0.1, -0.05) is 24.6 Å². The Balaban J connectivity index is 1.95. The molecule has 0 saturated carbocycles. The van der Waals surface area contributed by atoms with Crippen molar-refractivity contribution in [3.8, 4) is 11.5 Å². The number of aliphatic carboxylic acids is 1. The Hall–Kier alpha value is -3.12. The molecule has 1 aliphatic rings. The first kappa shape index (κ1) is 20.2. The van der Waals surface area contributed by atoms with Gasteiger partial charge in [-0.05, 0) is 49.2 Å². The summed E-state index contributed by atoms with van der Waals surface area (Å²) in [6.45, 7) is 0.702. The molecule has 4 rings (SSSR count). The minimum absolute atomic E-state index is 0.278. The maximum atomic E-state index is 12.1. The van der Waals surface area contributed by atoms with Gasteiger partial charge in [0, 0.05) is 23.2 Å². The van der Waals surface area contributed by atoms with Crippen LogP contribution in [0.25, 0.3) is 10.9 Å². The summed E-state index contributed by atoms with van der Waals surface area (Å²) in [4.78, 5) is 18.7. The lowest BCUT2D eigenvalue weighted by Crippen LogP contribution is -2.47. The van der Waals surface area contributed by atoms with E-state index >= 15 is 0 Å². The van der Waals surface area contributed by atoms with E-state index in [0.29, 0.717) is 24.5 Å². The van der Waals surface area contributed by atoms with Crippen LogP contribution < -0.4 is 9.47 Å². The number of carbonyl (C=O) groups is 1. The molecule has 1 fully saturated rings. The van der Waals surface area contributed by atoms with Gasteiger partial charge in [0.15, 0.2) is 0 Å². The Bertz CT molecular complexity index is 1050. The summed E-state index contributed by atoms with van der Waals surface area (Å²) in [7, 11) is 3.25. The van der Waals surface area contributed by atoms with Crippen molar-refractivity contribution in [1.29, 1.82) is 0 Å². The highest BCUT2D eigenvalue weighted by molar-refractivity contribution is 5.83. The Morgan fingerprint density at radius 1 is 1.10 bits per heavy atom. The number of likely N-dealkylation sites (tertiary alicyclic amines) is 1. The third kappa shape index (κ3) is 3.71. The Labute approximate surface area is 176 Å². The van der Waals surface area contributed by atoms with Crippen molar-refractivity contribution in [2.24, 2.45) is 0 Å². The average molecular weight is 406 g/mol. The second-order valence-corrected chi connectivity index (χ2v) is 7.52. The summed E-state index contributed by atoms with van der Waals surface area (Å²) in [5, 5.41) is 11.0. The second-order valence-electron chi connectivity index (χ2n) is 7.52. The molecule has 0 bridgehead atoms. The number of methoxy groups -OCH3 is 2. The van der Waals surface area contributed by atoms with Crippen LogP contribution in [0.2, 0.25) is 0 Å². The molecule has 0 spiro atoms. The zero-order chi connectivity index (χ0) is 21.1. The number of ether oxygens (including phenoxy) is 2. The van der Waals surface area contributed by atoms with Crippen molar-refractivity contribution >= 4 is 16.9 Å². The highest BCUT2D eigenvalue weighted by Crippen LogP contribution is 2.41. The van der Waals surface area contributed by atoms with Gasteiger partial charge in [-0.25, -0.2) is 0 Å². The topological polar surface area (TPSA) is 71.9 Å². The lowest BCUT2D eigenvalue weighted by molar-refractivity contribution is -0.145. The van der Waals surface area contributed by atoms with Crippen molar-refractivity contribution in [3.05, 3.63) is 65.9 Å². The number of hydrogen-bond donors (Lipinski definition) is 1. The van der Waals surface area contributed by atoms with E-state index < -0.39 is 12.0 Å². The van der Waals surface area contributed by atoms with E-state index in [1.165, 1.54) is 0 Å². The van der Waals surface area contributed by atoms with Crippen molar-refractivity contribution in [2.75, 3.05) is 20.8 Å². The molecule has 0 aliphatic carbocycles. The lowest BCUT2D eigenvalue weighted by atomic mass is 9.89. The molecule has 2 aromatic carbocycles. The predicted molar refractivity (Wildman–Crippen MR) is 115 cm³/mol. The van der Waals surface area contributed by atoms with E-state index in [1.807, 2.05) is 48.5 Å². The number of rotatable bonds is 6. The molecule has 0 radical (unpaired) electrons. The van der Waals surface area contributed by atoms with E-state index in [2.05, 4.69) is 9.88 Å². The molecule has 1 aliphatic heterocycles. The van der Waals surface area contributed by atoms with Crippen LogP contribution in [-0.4, -0.2) is 47.8 Å². The maximum absolute atomic E-state index is 12.1. The summed E-state index contributed by atoms with van der Waals surface area (Å²) < 4.78 is 11.1. The molecule has 2 unspecified atom stereocenters. The van der Waals surface area contributed by atoms with Gasteiger partial charge in [-0.3, -0.25) is 14.7 Å². The van der Waals surface area contributed by atoms with Crippen LogP contribution in [0, 0.1) is 0 Å². The minimum atomic E-state index is -0.787. The largest absolute Gasteiger partial charge is 0.497 e. The van der Waals surface area contributed by atoms with Gasteiger partial charge in [0.25, 0.3) is 0 Å². The summed E-state index contributed by atoms with van der Waals surface area (Å²) in [5.74, 6) is 0.586. The molecule has 2 atom stereocenters. The van der Waals surface area contributed by atoms with E-state index in [0.717, 1.165) is 34.9 Å². The summed E-state index contributed by atoms with van der Waals surface area (Å²) in [5.41, 5.74) is 2.83. The van der Waals surface area contributed by atoms with Crippen LogP contribution in [0.5, 0.6) is 11.5 Å². The van der Waals surface area contributed by atoms with Crippen molar-refractivity contribution in [1.82, 2.24) is 9.88 Å². The molecule has 1 N–H and O–H groups in total. The van der Waals surface area contributed by atoms with Gasteiger partial charge in [-0.15, -0.1) is 0 Å². The van der Waals surface area contributed by atoms with Crippen LogP contribution in [0.4, 0.5) is 0 Å². The zero-order valence-corrected chi connectivity index (χ0v) is 17.2. The van der Waals surface area contributed by atoms with Gasteiger partial charge >= 0.3 is 5.97 Å². The lowest BCUT2D eigenvalue weighted by Gasteiger charge is -2.40. The smallest absolute Gasteiger partial charge is 0.320 e. The number of fused-ring (bicyclic) bond motifs is 1. The maximum Gasteiger partial charge on any atom is 0.320 e. The molecule has 30 heavy (non-hydrogen) atoms. The number of carboxylic acids is 1. The normalized spacial score (nSPS) is 18.1. The molecule has 1 aromatic heterocycles. The highest BCUT2D eigenvalue weighted by atomic mass is 16.5. The minimum Gasteiger partial charge on any atom is -0.497 e. The van der Waals surface area contributed by atoms with E-state index in [4.69, 9.17) is 9.47 Å². The number of nitrogens with zero attached hydrogens (tertiary/aromatic N) is 2. The molecule has 6 nitrogen and oxygen atoms in total. The van der Waals surface area contributed by atoms with E-state index in [-0.39, 0.29) is 6.04 Å². The number of piperidine rings is 1. The van der Waals surface area contributed by atoms with Crippen molar-refractivity contribution < 1.29 is 19.4 Å². The predicted octanol–water partition coefficient (Wildman–Crippen LogP) is 4.28. The van der Waals surface area contributed by atoms with Crippen LogP contribution in [0.15, 0.2) is 54.7 Å². The monoisotopic (exact) mass is 406 g/mol. The van der Waals surface area contributed by atoms with Crippen LogP contribution in [-0.2, 0) is 4.79 Å². The first-order valence-corrected chi connectivity index (χ1v) is 10.2. The number of benzene rings is 2. The Kier molecular flexibility index (Phi) is 5.86. The fourth-order valence-electron chi connectivity index (χ4n) is 4.45. The van der Waals surface area contributed by atoms with E-state index in [9.17, 15) is 9.90 Å². The number of aromatic nitrogens is 1. The summed E-state index contributed by atoms with van der Waals surface area (Å²) in [6, 6.07) is 14.9. The quantitative estimate of drug-likeness (QED) is 0.659. The standard InChI is InChI=1S/C24H26N2O4/c1-29-16-10-11-19(22(15-16)30-2)23(26-14-6-5-9-21(26)24(27)28)18-12-13-25-20-8-4-3-7-17(18)20/h3-4,7-8,10-13,15,21,23H,5-6,9,14H2,1-2H3,(H,27,28). The average Bonchev–Trinajstić information content (AvgIpc) is 2.79. The Morgan fingerprint density at radius 2 is 1.93 bits per heavy atom. The molecule has 2 heterocycles. The number of pyridine rings is 1. The molecule has 156 valence electrons. The SMILES string of the molecule is COc1ccc(C(c2ccnc3ccccc23)N2CCCCC2C(=O)O)c(OC)c1. The number of hydrogen-bond acceptors (Lipinski definition) is 5. The van der Waals surface area contributed by atoms with Gasteiger partial charge in [0.05, 0.1) is 25.8 Å². The summed E-state index contributed by atoms with van der Waals surface area (Å²) >= 11 is 0. The Morgan fingerprint density at radius 3 is 2.70 bits per heavy atom. The molecular weight excluding hydrogens is 380 g/mol. The zero-order valence-electron chi connectivity index (χ0n) is 17.2. The first-order chi connectivity index (χ1) is 14.6. The number of carboxylic acid groups (broad SMARTS) is 1. The fourth-order valence-corrected chi connectivity index (χ4v) is 4.45. The number of para-hydroxylation sites is 1. The fraction of sp³-hybridized carbons (Fsp3) is 0.333. The third-order valence-corrected chi connectivity index (χ3v) is 5.87. The second kappa shape index (κ2) is 8.71. The summed E-state index contributed by atoms with van der Waals surface area (Å²) in [6.07, 6.45) is 4.30. The molecule has 3 aromatic rings. The van der Waals surface area contributed by atoms with Gasteiger partial charge in [0.1, 0.15) is 17.5 Å². The highest BCUT2D eigenvalue weighted by Gasteiger charge is 2.37. The van der Waals surface area contributed by atoms with E-state index in [1.54, 1.807) is 20.4 Å². The van der Waals surface area contributed by atoms with Gasteiger partial charge in [0.2, 0.25) is 0 Å². The molecule has 1 saturated heterocycles. The van der Waals surface area contributed by atoms with Crippen LogP contribution in [0.3, 0.4) is 0 Å². The molecular formula is C24H26N2O4. The van der Waals surface area contributed by atoms with Crippen LogP contribution >= 0.6 is 0 Å². The van der Waals surface area contributed by atoms with Crippen molar-refractivity contribution in [3.63, 3.8) is 0 Å². The van der Waals surface area contributed by atoms with Gasteiger partial charge < -0.3 is 14.6 Å². The third-order valence-electron chi connectivity index (χ3n) is 5.87. The van der Waals surface area contributed by atoms with Crippen molar-refractivity contribution in [2.45, 2.75) is 31.3 Å². The van der Waals surface area contributed by atoms with Gasteiger partial charge in [-0.2, -0.15) is 0 Å². The first-order valence-electron chi connectivity index (χ1n) is 10.2. The molecule has 6 heteroatoms. The molecule has 0 amide bonds.